The fraction of sp³-hybridized carbons (Fsp3) is 0.600. The second kappa shape index (κ2) is 5.13. The van der Waals surface area contributed by atoms with Crippen molar-refractivity contribution in [2.24, 2.45) is 5.73 Å². The van der Waals surface area contributed by atoms with Gasteiger partial charge in [-0.1, -0.05) is 5.21 Å². The van der Waals surface area contributed by atoms with Gasteiger partial charge in [0.15, 0.2) is 0 Å². The summed E-state index contributed by atoms with van der Waals surface area (Å²) in [6.45, 7) is 1.63. The summed E-state index contributed by atoms with van der Waals surface area (Å²) in [7, 11) is 1.73. The summed E-state index contributed by atoms with van der Waals surface area (Å²) in [5.74, 6) is -0.180. The normalized spacial score (nSPS) is 16.2. The molecule has 0 aromatic carbocycles. The van der Waals surface area contributed by atoms with Gasteiger partial charge in [0.05, 0.1) is 18.4 Å². The zero-order valence-corrected chi connectivity index (χ0v) is 10.2. The predicted octanol–water partition coefficient (Wildman–Crippen LogP) is -1.96. The smallest absolute Gasteiger partial charge is 0.244 e. The number of carbonyl (C=O) groups is 2. The Morgan fingerprint density at radius 1 is 1.50 bits per heavy atom. The second-order valence-electron chi connectivity index (χ2n) is 4.24. The highest BCUT2D eigenvalue weighted by molar-refractivity contribution is 5.85. The molecule has 8 nitrogen and oxygen atoms in total. The lowest BCUT2D eigenvalue weighted by atomic mass is 10.3. The highest BCUT2D eigenvalue weighted by Gasteiger charge is 2.24. The molecule has 2 N–H and O–H groups in total. The van der Waals surface area contributed by atoms with Crippen LogP contribution in [0, 0.1) is 0 Å². The van der Waals surface area contributed by atoms with Crippen LogP contribution in [-0.4, -0.2) is 63.3 Å². The quantitative estimate of drug-likeness (QED) is 0.673. The molecule has 0 radical (unpaired) electrons. The van der Waals surface area contributed by atoms with E-state index >= 15 is 0 Å². The number of hydrogen-bond acceptors (Lipinski definition) is 5. The largest absolute Gasteiger partial charge is 0.342 e. The lowest BCUT2D eigenvalue weighted by Crippen LogP contribution is -2.51. The number of carbonyl (C=O) groups excluding carboxylic acids is 2. The van der Waals surface area contributed by atoms with Crippen molar-refractivity contribution in [2.75, 3.05) is 26.7 Å². The Morgan fingerprint density at radius 2 is 2.28 bits per heavy atom. The average Bonchev–Trinajstić information content (AvgIpc) is 2.80. The molecular formula is C10H16N6O2. The Balaban J connectivity index is 1.93. The van der Waals surface area contributed by atoms with E-state index in [1.54, 1.807) is 18.1 Å². The topological polar surface area (TPSA) is 97.3 Å². The zero-order chi connectivity index (χ0) is 13.1. The van der Waals surface area contributed by atoms with Crippen molar-refractivity contribution in [1.82, 2.24) is 24.8 Å². The number of piperazine rings is 1. The van der Waals surface area contributed by atoms with Crippen LogP contribution in [0.15, 0.2) is 6.20 Å². The molecular weight excluding hydrogens is 236 g/mol. The van der Waals surface area contributed by atoms with Crippen LogP contribution in [0.25, 0.3) is 0 Å². The summed E-state index contributed by atoms with van der Waals surface area (Å²) in [4.78, 5) is 26.6. The lowest BCUT2D eigenvalue weighted by molar-refractivity contribution is -0.144. The van der Waals surface area contributed by atoms with Crippen molar-refractivity contribution in [3.8, 4) is 0 Å². The minimum Gasteiger partial charge on any atom is -0.342 e. The number of aromatic nitrogens is 3. The van der Waals surface area contributed by atoms with Gasteiger partial charge in [0.1, 0.15) is 6.54 Å². The Morgan fingerprint density at radius 3 is 2.89 bits per heavy atom. The molecule has 18 heavy (non-hydrogen) atoms. The van der Waals surface area contributed by atoms with E-state index in [0.29, 0.717) is 25.3 Å². The molecule has 0 atom stereocenters. The van der Waals surface area contributed by atoms with Gasteiger partial charge in [-0.2, -0.15) is 0 Å². The Hall–Kier alpha value is -1.96. The number of rotatable bonds is 3. The molecule has 1 fully saturated rings. The van der Waals surface area contributed by atoms with Gasteiger partial charge in [-0.15, -0.1) is 5.10 Å². The van der Waals surface area contributed by atoms with Crippen LogP contribution in [0.5, 0.6) is 0 Å². The van der Waals surface area contributed by atoms with E-state index in [9.17, 15) is 9.59 Å². The zero-order valence-electron chi connectivity index (χ0n) is 10.2. The monoisotopic (exact) mass is 252 g/mol. The molecule has 0 unspecified atom stereocenters. The van der Waals surface area contributed by atoms with Gasteiger partial charge >= 0.3 is 0 Å². The summed E-state index contributed by atoms with van der Waals surface area (Å²) in [5.41, 5.74) is 6.05. The van der Waals surface area contributed by atoms with Crippen molar-refractivity contribution in [3.05, 3.63) is 11.9 Å². The van der Waals surface area contributed by atoms with E-state index < -0.39 is 0 Å². The average molecular weight is 252 g/mol. The van der Waals surface area contributed by atoms with Crippen molar-refractivity contribution in [1.29, 1.82) is 0 Å². The van der Waals surface area contributed by atoms with Crippen LogP contribution in [0.2, 0.25) is 0 Å². The molecule has 0 spiro atoms. The molecule has 0 bridgehead atoms. The third-order valence-electron chi connectivity index (χ3n) is 2.90. The fourth-order valence-corrected chi connectivity index (χ4v) is 1.72. The van der Waals surface area contributed by atoms with E-state index in [0.717, 1.165) is 0 Å². The van der Waals surface area contributed by atoms with E-state index in [-0.39, 0.29) is 24.9 Å². The van der Waals surface area contributed by atoms with E-state index in [1.165, 1.54) is 9.58 Å². The third-order valence-corrected chi connectivity index (χ3v) is 2.90. The molecule has 98 valence electrons. The third kappa shape index (κ3) is 2.65. The summed E-state index contributed by atoms with van der Waals surface area (Å²) < 4.78 is 1.44. The summed E-state index contributed by atoms with van der Waals surface area (Å²) in [6, 6.07) is 0. The molecule has 0 saturated carbocycles. The summed E-state index contributed by atoms with van der Waals surface area (Å²) in [5, 5.41) is 7.60. The van der Waals surface area contributed by atoms with Gasteiger partial charge in [-0.05, 0) is 0 Å². The maximum Gasteiger partial charge on any atom is 0.244 e. The van der Waals surface area contributed by atoms with Gasteiger partial charge in [-0.25, -0.2) is 4.68 Å². The summed E-state index contributed by atoms with van der Waals surface area (Å²) >= 11 is 0. The maximum absolute atomic E-state index is 12.0. The lowest BCUT2D eigenvalue weighted by Gasteiger charge is -2.31. The second-order valence-corrected chi connectivity index (χ2v) is 4.24. The van der Waals surface area contributed by atoms with Gasteiger partial charge in [0, 0.05) is 26.7 Å². The molecule has 0 aliphatic carbocycles. The first kappa shape index (κ1) is 12.5. The molecule has 1 aliphatic rings. The molecule has 2 heterocycles. The highest BCUT2D eigenvalue weighted by atomic mass is 16.2. The van der Waals surface area contributed by atoms with Crippen LogP contribution in [-0.2, 0) is 22.7 Å². The number of amides is 2. The van der Waals surface area contributed by atoms with Crippen molar-refractivity contribution < 1.29 is 9.59 Å². The number of nitrogens with two attached hydrogens (primary N) is 1. The molecule has 2 rings (SSSR count). The Labute approximate surface area is 104 Å². The Bertz CT molecular complexity index is 457. The first-order valence-electron chi connectivity index (χ1n) is 5.71. The molecule has 1 aromatic heterocycles. The van der Waals surface area contributed by atoms with Crippen molar-refractivity contribution in [3.63, 3.8) is 0 Å². The first-order valence-corrected chi connectivity index (χ1v) is 5.71. The molecule has 8 heteroatoms. The van der Waals surface area contributed by atoms with Crippen LogP contribution in [0.3, 0.4) is 0 Å². The number of nitrogens with zero attached hydrogens (tertiary/aromatic N) is 5. The predicted molar refractivity (Wildman–Crippen MR) is 62.1 cm³/mol. The van der Waals surface area contributed by atoms with E-state index in [4.69, 9.17) is 5.73 Å². The Kier molecular flexibility index (Phi) is 3.56. The van der Waals surface area contributed by atoms with Crippen molar-refractivity contribution in [2.45, 2.75) is 13.1 Å². The van der Waals surface area contributed by atoms with Crippen LogP contribution in [0.4, 0.5) is 0 Å². The molecule has 1 aliphatic heterocycles. The SMILES string of the molecule is CN1CCN(C(=O)Cn2cc(CN)nn2)CC1=O. The standard InChI is InChI=1S/C10H16N6O2/c1-14-2-3-15(6-9(14)17)10(18)7-16-5-8(4-11)12-13-16/h5H,2-4,6-7,11H2,1H3. The van der Waals surface area contributed by atoms with Gasteiger partial charge in [0.25, 0.3) is 0 Å². The van der Waals surface area contributed by atoms with E-state index in [1.807, 2.05) is 0 Å². The van der Waals surface area contributed by atoms with Gasteiger partial charge in [0.2, 0.25) is 11.8 Å². The summed E-state index contributed by atoms with van der Waals surface area (Å²) in [6.07, 6.45) is 1.63. The molecule has 1 aromatic rings. The van der Waals surface area contributed by atoms with Crippen LogP contribution < -0.4 is 5.73 Å². The van der Waals surface area contributed by atoms with Crippen LogP contribution in [0.1, 0.15) is 5.69 Å². The number of hydrogen-bond donors (Lipinski definition) is 1. The minimum atomic E-state index is -0.134. The highest BCUT2D eigenvalue weighted by Crippen LogP contribution is 2.02. The molecule has 2 amide bonds. The minimum absolute atomic E-state index is 0.0455. The molecule has 1 saturated heterocycles. The fourth-order valence-electron chi connectivity index (χ4n) is 1.72. The maximum atomic E-state index is 12.0. The van der Waals surface area contributed by atoms with Crippen LogP contribution >= 0.6 is 0 Å². The van der Waals surface area contributed by atoms with Gasteiger partial charge in [-0.3, -0.25) is 9.59 Å². The first-order chi connectivity index (χ1) is 8.60. The van der Waals surface area contributed by atoms with E-state index in [2.05, 4.69) is 10.3 Å². The number of likely N-dealkylation sites (N-methyl/N-ethyl adjacent to an activating group) is 1. The van der Waals surface area contributed by atoms with Gasteiger partial charge < -0.3 is 15.5 Å². The van der Waals surface area contributed by atoms with Crippen molar-refractivity contribution >= 4 is 11.8 Å².